The standard InChI is InChI=1S/C11H22/c1-5-9(3)11(4)8-7-10(11)6-2/h9-10H,5-8H2,1-4H3. The molecule has 0 radical (unpaired) electrons. The average molecular weight is 154 g/mol. The van der Waals surface area contributed by atoms with E-state index in [2.05, 4.69) is 27.7 Å². The first-order valence-corrected chi connectivity index (χ1v) is 5.15. The van der Waals surface area contributed by atoms with Crippen LogP contribution in [0.25, 0.3) is 0 Å². The fourth-order valence-electron chi connectivity index (χ4n) is 2.59. The molecule has 0 heteroatoms. The first kappa shape index (κ1) is 9.09. The summed E-state index contributed by atoms with van der Waals surface area (Å²) in [4.78, 5) is 0. The Hall–Kier alpha value is 0. The van der Waals surface area contributed by atoms with Crippen molar-refractivity contribution in [1.82, 2.24) is 0 Å². The van der Waals surface area contributed by atoms with Crippen LogP contribution in [0.3, 0.4) is 0 Å². The van der Waals surface area contributed by atoms with Gasteiger partial charge in [0.2, 0.25) is 0 Å². The van der Waals surface area contributed by atoms with Crippen LogP contribution in [0.2, 0.25) is 0 Å². The molecule has 0 heterocycles. The van der Waals surface area contributed by atoms with Crippen LogP contribution < -0.4 is 0 Å². The van der Waals surface area contributed by atoms with Crippen molar-refractivity contribution in [2.75, 3.05) is 0 Å². The van der Waals surface area contributed by atoms with E-state index in [4.69, 9.17) is 0 Å². The normalized spacial score (nSPS) is 39.8. The highest BCUT2D eigenvalue weighted by atomic mass is 14.5. The first-order valence-electron chi connectivity index (χ1n) is 5.15. The SMILES string of the molecule is CCC(C)C1(C)CCC1CC. The van der Waals surface area contributed by atoms with Crippen LogP contribution in [0.5, 0.6) is 0 Å². The van der Waals surface area contributed by atoms with Crippen molar-refractivity contribution in [2.45, 2.75) is 53.4 Å². The molecule has 3 unspecified atom stereocenters. The topological polar surface area (TPSA) is 0 Å². The molecule has 0 bridgehead atoms. The highest BCUT2D eigenvalue weighted by molar-refractivity contribution is 4.94. The number of hydrogen-bond donors (Lipinski definition) is 0. The van der Waals surface area contributed by atoms with Crippen molar-refractivity contribution in [3.05, 3.63) is 0 Å². The van der Waals surface area contributed by atoms with E-state index in [-0.39, 0.29) is 0 Å². The maximum atomic E-state index is 2.48. The minimum Gasteiger partial charge on any atom is -0.0651 e. The third-order valence-corrected chi connectivity index (χ3v) is 4.20. The van der Waals surface area contributed by atoms with Crippen LogP contribution >= 0.6 is 0 Å². The molecule has 0 amide bonds. The summed E-state index contributed by atoms with van der Waals surface area (Å²) in [6.07, 6.45) is 5.70. The van der Waals surface area contributed by atoms with E-state index >= 15 is 0 Å². The largest absolute Gasteiger partial charge is 0.0651 e. The summed E-state index contributed by atoms with van der Waals surface area (Å²) < 4.78 is 0. The van der Waals surface area contributed by atoms with E-state index in [1.165, 1.54) is 25.7 Å². The monoisotopic (exact) mass is 154 g/mol. The van der Waals surface area contributed by atoms with Gasteiger partial charge in [0.05, 0.1) is 0 Å². The van der Waals surface area contributed by atoms with Gasteiger partial charge >= 0.3 is 0 Å². The lowest BCUT2D eigenvalue weighted by Gasteiger charge is -2.51. The molecule has 0 aliphatic heterocycles. The zero-order valence-electron chi connectivity index (χ0n) is 8.48. The predicted octanol–water partition coefficient (Wildman–Crippen LogP) is 3.86. The molecule has 0 aromatic rings. The van der Waals surface area contributed by atoms with E-state index in [1.807, 2.05) is 0 Å². The van der Waals surface area contributed by atoms with Crippen LogP contribution in [-0.2, 0) is 0 Å². The Morgan fingerprint density at radius 3 is 2.36 bits per heavy atom. The van der Waals surface area contributed by atoms with Gasteiger partial charge in [-0.25, -0.2) is 0 Å². The van der Waals surface area contributed by atoms with Crippen LogP contribution in [-0.4, -0.2) is 0 Å². The predicted molar refractivity (Wildman–Crippen MR) is 50.6 cm³/mol. The van der Waals surface area contributed by atoms with Crippen LogP contribution in [0.4, 0.5) is 0 Å². The molecule has 0 N–H and O–H groups in total. The van der Waals surface area contributed by atoms with Gasteiger partial charge in [-0.15, -0.1) is 0 Å². The molecule has 3 atom stereocenters. The van der Waals surface area contributed by atoms with Gasteiger partial charge in [-0.3, -0.25) is 0 Å². The zero-order chi connectivity index (χ0) is 8.48. The van der Waals surface area contributed by atoms with E-state index in [0.717, 1.165) is 11.8 Å². The van der Waals surface area contributed by atoms with Crippen LogP contribution in [0.1, 0.15) is 53.4 Å². The van der Waals surface area contributed by atoms with E-state index in [9.17, 15) is 0 Å². The Kier molecular flexibility index (Phi) is 2.61. The molecule has 0 aromatic carbocycles. The molecule has 0 spiro atoms. The van der Waals surface area contributed by atoms with Gasteiger partial charge in [0.15, 0.2) is 0 Å². The van der Waals surface area contributed by atoms with Gasteiger partial charge in [-0.05, 0) is 30.1 Å². The van der Waals surface area contributed by atoms with Gasteiger partial charge in [0.25, 0.3) is 0 Å². The third-order valence-electron chi connectivity index (χ3n) is 4.20. The van der Waals surface area contributed by atoms with Crippen molar-refractivity contribution in [3.63, 3.8) is 0 Å². The summed E-state index contributed by atoms with van der Waals surface area (Å²) in [6, 6.07) is 0. The number of rotatable bonds is 3. The number of hydrogen-bond acceptors (Lipinski definition) is 0. The highest BCUT2D eigenvalue weighted by Gasteiger charge is 2.44. The Morgan fingerprint density at radius 1 is 1.45 bits per heavy atom. The van der Waals surface area contributed by atoms with Gasteiger partial charge in [0.1, 0.15) is 0 Å². The molecule has 11 heavy (non-hydrogen) atoms. The van der Waals surface area contributed by atoms with Crippen molar-refractivity contribution in [2.24, 2.45) is 17.3 Å². The minimum absolute atomic E-state index is 0.698. The van der Waals surface area contributed by atoms with Crippen molar-refractivity contribution in [3.8, 4) is 0 Å². The van der Waals surface area contributed by atoms with E-state index < -0.39 is 0 Å². The Labute approximate surface area is 71.4 Å². The van der Waals surface area contributed by atoms with Crippen LogP contribution in [0, 0.1) is 17.3 Å². The minimum atomic E-state index is 0.698. The molecule has 0 aromatic heterocycles. The third kappa shape index (κ3) is 1.32. The second-order valence-electron chi connectivity index (χ2n) is 4.46. The van der Waals surface area contributed by atoms with E-state index in [1.54, 1.807) is 0 Å². The maximum absolute atomic E-state index is 2.48. The summed E-state index contributed by atoms with van der Waals surface area (Å²) >= 11 is 0. The second-order valence-corrected chi connectivity index (χ2v) is 4.46. The fraction of sp³-hybridized carbons (Fsp3) is 1.00. The second kappa shape index (κ2) is 3.16. The van der Waals surface area contributed by atoms with Crippen molar-refractivity contribution in [1.29, 1.82) is 0 Å². The summed E-state index contributed by atoms with van der Waals surface area (Å²) in [5.41, 5.74) is 0.698. The molecule has 1 aliphatic carbocycles. The Bertz CT molecular complexity index is 117. The van der Waals surface area contributed by atoms with Gasteiger partial charge in [-0.2, -0.15) is 0 Å². The highest BCUT2D eigenvalue weighted by Crippen LogP contribution is 2.53. The quantitative estimate of drug-likeness (QED) is 0.579. The molecular weight excluding hydrogens is 132 g/mol. The first-order chi connectivity index (χ1) is 5.15. The summed E-state index contributed by atoms with van der Waals surface area (Å²) in [6.45, 7) is 9.56. The molecule has 1 fully saturated rings. The molecule has 1 saturated carbocycles. The molecule has 1 aliphatic rings. The van der Waals surface area contributed by atoms with Crippen molar-refractivity contribution >= 4 is 0 Å². The zero-order valence-corrected chi connectivity index (χ0v) is 8.48. The lowest BCUT2D eigenvalue weighted by atomic mass is 9.54. The lowest BCUT2D eigenvalue weighted by Crippen LogP contribution is -2.42. The van der Waals surface area contributed by atoms with Gasteiger partial charge in [-0.1, -0.05) is 40.5 Å². The van der Waals surface area contributed by atoms with E-state index in [0.29, 0.717) is 5.41 Å². The Morgan fingerprint density at radius 2 is 2.09 bits per heavy atom. The summed E-state index contributed by atoms with van der Waals surface area (Å²) in [7, 11) is 0. The van der Waals surface area contributed by atoms with Gasteiger partial charge < -0.3 is 0 Å². The Balaban J connectivity index is 2.52. The molecule has 66 valence electrons. The summed E-state index contributed by atoms with van der Waals surface area (Å²) in [5.74, 6) is 1.96. The smallest absolute Gasteiger partial charge is 0.0272 e. The molecule has 1 rings (SSSR count). The lowest BCUT2D eigenvalue weighted by molar-refractivity contribution is -0.0105. The van der Waals surface area contributed by atoms with Crippen LogP contribution in [0.15, 0.2) is 0 Å². The van der Waals surface area contributed by atoms with Crippen molar-refractivity contribution < 1.29 is 0 Å². The fourth-order valence-corrected chi connectivity index (χ4v) is 2.59. The maximum Gasteiger partial charge on any atom is -0.0272 e. The molecule has 0 nitrogen and oxygen atoms in total. The molecule has 0 saturated heterocycles. The summed E-state index contributed by atoms with van der Waals surface area (Å²) in [5, 5.41) is 0. The molecular formula is C11H22. The van der Waals surface area contributed by atoms with Gasteiger partial charge in [0, 0.05) is 0 Å². The average Bonchev–Trinajstić information content (AvgIpc) is 2.00.